The molecule has 0 saturated carbocycles. The van der Waals surface area contributed by atoms with Crippen molar-refractivity contribution in [1.82, 2.24) is 0 Å². The van der Waals surface area contributed by atoms with Gasteiger partial charge >= 0.3 is 0 Å². The molecule has 4 aromatic rings. The molecule has 0 nitrogen and oxygen atoms in total. The smallest absolute Gasteiger partial charge is 0 e. The SMILES string of the molecule is C[c-]1[cH-][cH-][c-](-c2ccccc2)[cH-]1.C[c-]1ccc(-c2ccccc2)c1.[Ni]. The molecule has 0 atom stereocenters. The Morgan fingerprint density at radius 2 is 1.36 bits per heavy atom. The summed E-state index contributed by atoms with van der Waals surface area (Å²) in [5.41, 5.74) is 7.88. The van der Waals surface area contributed by atoms with Gasteiger partial charge in [0.1, 0.15) is 0 Å². The van der Waals surface area contributed by atoms with E-state index in [2.05, 4.69) is 98.8 Å². The van der Waals surface area contributed by atoms with Crippen LogP contribution in [-0.4, -0.2) is 0 Å². The number of rotatable bonds is 2. The second-order valence-electron chi connectivity index (χ2n) is 6.09. The molecule has 0 aromatic heterocycles. The number of hydrogen-bond donors (Lipinski definition) is 0. The van der Waals surface area contributed by atoms with Gasteiger partial charge in [-0.25, -0.2) is 18.6 Å². The average molecular weight is 369 g/mol. The van der Waals surface area contributed by atoms with Gasteiger partial charge in [0.2, 0.25) is 0 Å². The topological polar surface area (TPSA) is 0 Å². The van der Waals surface area contributed by atoms with E-state index < -0.39 is 0 Å². The van der Waals surface area contributed by atoms with Crippen molar-refractivity contribution in [3.8, 4) is 22.3 Å². The van der Waals surface area contributed by atoms with E-state index in [0.717, 1.165) is 0 Å². The maximum Gasteiger partial charge on any atom is 0 e. The van der Waals surface area contributed by atoms with Gasteiger partial charge in [-0.1, -0.05) is 73.2 Å². The largest absolute Gasteiger partial charge is 0.745 e. The van der Waals surface area contributed by atoms with Crippen LogP contribution in [0.5, 0.6) is 0 Å². The Balaban J connectivity index is 0.000000173. The molecule has 25 heavy (non-hydrogen) atoms. The minimum absolute atomic E-state index is 0. The molecule has 0 amide bonds. The Morgan fingerprint density at radius 1 is 0.720 bits per heavy atom. The van der Waals surface area contributed by atoms with Crippen LogP contribution in [0.25, 0.3) is 22.3 Å². The molecule has 0 spiro atoms. The first-order valence-electron chi connectivity index (χ1n) is 8.30. The Bertz CT molecular complexity index is 791. The first kappa shape index (κ1) is 19.0. The van der Waals surface area contributed by atoms with E-state index >= 15 is 0 Å². The Hall–Kier alpha value is -2.37. The van der Waals surface area contributed by atoms with E-state index in [-0.39, 0.29) is 16.5 Å². The number of benzene rings is 2. The van der Waals surface area contributed by atoms with Gasteiger partial charge in [0.05, 0.1) is 0 Å². The maximum absolute atomic E-state index is 2.20. The molecule has 0 bridgehead atoms. The fraction of sp³-hybridized carbons (Fsp3) is 0.0833. The summed E-state index contributed by atoms with van der Waals surface area (Å²) in [6.07, 6.45) is 0. The van der Waals surface area contributed by atoms with Gasteiger partial charge in [-0.05, 0) is 0 Å². The fourth-order valence-corrected chi connectivity index (χ4v) is 2.75. The summed E-state index contributed by atoms with van der Waals surface area (Å²) in [7, 11) is 0. The van der Waals surface area contributed by atoms with Crippen LogP contribution >= 0.6 is 0 Å². The first-order valence-corrected chi connectivity index (χ1v) is 8.30. The van der Waals surface area contributed by atoms with Crippen LogP contribution < -0.4 is 0 Å². The summed E-state index contributed by atoms with van der Waals surface area (Å²) in [5.74, 6) is 0. The van der Waals surface area contributed by atoms with Gasteiger partial charge in [0, 0.05) is 16.5 Å². The fourth-order valence-electron chi connectivity index (χ4n) is 2.75. The molecule has 0 unspecified atom stereocenters. The second kappa shape index (κ2) is 9.20. The van der Waals surface area contributed by atoms with Crippen molar-refractivity contribution in [1.29, 1.82) is 0 Å². The van der Waals surface area contributed by atoms with Gasteiger partial charge in [-0.2, -0.15) is 23.3 Å². The minimum Gasteiger partial charge on any atom is -0.745 e. The van der Waals surface area contributed by atoms with E-state index in [1.165, 1.54) is 33.4 Å². The molecule has 4 rings (SSSR count). The zero-order chi connectivity index (χ0) is 16.8. The summed E-state index contributed by atoms with van der Waals surface area (Å²) >= 11 is 0. The third-order valence-corrected chi connectivity index (χ3v) is 4.03. The molecule has 0 heterocycles. The molecule has 0 fully saturated rings. The van der Waals surface area contributed by atoms with Crippen LogP contribution in [0.1, 0.15) is 11.1 Å². The van der Waals surface area contributed by atoms with Crippen molar-refractivity contribution in [2.24, 2.45) is 0 Å². The second-order valence-corrected chi connectivity index (χ2v) is 6.09. The van der Waals surface area contributed by atoms with Crippen LogP contribution in [0.2, 0.25) is 0 Å². The van der Waals surface area contributed by atoms with E-state index in [9.17, 15) is 0 Å². The molecule has 0 saturated heterocycles. The van der Waals surface area contributed by atoms with Crippen LogP contribution in [0.15, 0.2) is 97.1 Å². The van der Waals surface area contributed by atoms with Crippen molar-refractivity contribution in [3.63, 3.8) is 0 Å². The van der Waals surface area contributed by atoms with Crippen molar-refractivity contribution in [2.45, 2.75) is 13.8 Å². The zero-order valence-electron chi connectivity index (χ0n) is 14.6. The molecule has 0 aliphatic carbocycles. The Labute approximate surface area is 160 Å². The molecular weight excluding hydrogens is 347 g/mol. The molecule has 134 valence electrons. The van der Waals surface area contributed by atoms with Crippen molar-refractivity contribution in [2.75, 3.05) is 0 Å². The van der Waals surface area contributed by atoms with Gasteiger partial charge < -0.3 is 29.3 Å². The van der Waals surface area contributed by atoms with Gasteiger partial charge in [-0.15, -0.1) is 0 Å². The monoisotopic (exact) mass is 368 g/mol. The van der Waals surface area contributed by atoms with Crippen molar-refractivity contribution in [3.05, 3.63) is 108 Å². The average Bonchev–Trinajstić information content (AvgIpc) is 3.26. The summed E-state index contributed by atoms with van der Waals surface area (Å²) in [6, 6.07) is 33.9. The Morgan fingerprint density at radius 3 is 1.88 bits per heavy atom. The van der Waals surface area contributed by atoms with Crippen molar-refractivity contribution < 1.29 is 16.5 Å². The molecule has 1 heteroatoms. The first-order chi connectivity index (χ1) is 11.7. The maximum atomic E-state index is 2.20. The summed E-state index contributed by atoms with van der Waals surface area (Å²) in [6.45, 7) is 4.24. The molecule has 4 aromatic carbocycles. The zero-order valence-corrected chi connectivity index (χ0v) is 15.5. The quantitative estimate of drug-likeness (QED) is 0.271. The summed E-state index contributed by atoms with van der Waals surface area (Å²) < 4.78 is 0. The van der Waals surface area contributed by atoms with Gasteiger partial charge in [0.15, 0.2) is 0 Å². The molecular formula is C24H22Ni-6. The van der Waals surface area contributed by atoms with Crippen LogP contribution in [-0.2, 0) is 16.5 Å². The molecule has 0 aliphatic heterocycles. The molecule has 0 aliphatic rings. The van der Waals surface area contributed by atoms with E-state index in [1.54, 1.807) is 0 Å². The van der Waals surface area contributed by atoms with Crippen LogP contribution in [0, 0.1) is 13.8 Å². The van der Waals surface area contributed by atoms with Crippen LogP contribution in [0.3, 0.4) is 0 Å². The minimum atomic E-state index is 0. The van der Waals surface area contributed by atoms with Crippen molar-refractivity contribution >= 4 is 0 Å². The summed E-state index contributed by atoms with van der Waals surface area (Å²) in [5, 5.41) is 0. The molecule has 0 N–H and O–H groups in total. The van der Waals surface area contributed by atoms with Crippen LogP contribution in [0.4, 0.5) is 0 Å². The molecule has 0 radical (unpaired) electrons. The third-order valence-electron chi connectivity index (χ3n) is 4.03. The summed E-state index contributed by atoms with van der Waals surface area (Å²) in [4.78, 5) is 0. The predicted octanol–water partition coefficient (Wildman–Crippen LogP) is 6.76. The number of hydrogen-bond acceptors (Lipinski definition) is 0. The number of aryl methyl sites for hydroxylation is 2. The Kier molecular flexibility index (Phi) is 6.98. The van der Waals surface area contributed by atoms with E-state index in [1.807, 2.05) is 12.1 Å². The standard InChI is InChI=1S/2C12H11.Ni/c2*1-10-7-8-12(9-10)11-5-3-2-4-6-11;/h2*2-9H,1H3;/q-5;-1;. The van der Waals surface area contributed by atoms with Gasteiger partial charge in [0.25, 0.3) is 0 Å². The predicted molar refractivity (Wildman–Crippen MR) is 104 cm³/mol. The normalized spacial score (nSPS) is 9.68. The van der Waals surface area contributed by atoms with E-state index in [0.29, 0.717) is 0 Å². The van der Waals surface area contributed by atoms with Gasteiger partial charge in [-0.3, -0.25) is 0 Å². The third kappa shape index (κ3) is 5.31. The van der Waals surface area contributed by atoms with E-state index in [4.69, 9.17) is 0 Å².